The van der Waals surface area contributed by atoms with Gasteiger partial charge in [0.1, 0.15) is 5.82 Å². The van der Waals surface area contributed by atoms with Crippen LogP contribution < -0.4 is 0 Å². The van der Waals surface area contributed by atoms with Gasteiger partial charge in [-0.2, -0.15) is 27.1 Å². The first-order chi connectivity index (χ1) is 8.31. The van der Waals surface area contributed by atoms with E-state index in [9.17, 15) is 22.0 Å². The van der Waals surface area contributed by atoms with E-state index in [2.05, 4.69) is 10.1 Å². The quantitative estimate of drug-likeness (QED) is 0.799. The third kappa shape index (κ3) is 2.27. The van der Waals surface area contributed by atoms with Gasteiger partial charge in [-0.25, -0.2) is 9.50 Å². The zero-order chi connectivity index (χ0) is 13.4. The Kier molecular flexibility index (Phi) is 2.95. The van der Waals surface area contributed by atoms with Gasteiger partial charge in [0.25, 0.3) is 0 Å². The number of aryl methyl sites for hydroxylation is 1. The first-order valence-electron chi connectivity index (χ1n) is 5.03. The second-order valence-corrected chi connectivity index (χ2v) is 3.74. The highest BCUT2D eigenvalue weighted by molar-refractivity contribution is 5.43. The van der Waals surface area contributed by atoms with Crippen molar-refractivity contribution in [3.05, 3.63) is 30.4 Å². The largest absolute Gasteiger partial charge is 0.453 e. The number of hydrogen-bond acceptors (Lipinski definition) is 2. The topological polar surface area (TPSA) is 30.2 Å². The van der Waals surface area contributed by atoms with Gasteiger partial charge in [-0.1, -0.05) is 0 Å². The van der Waals surface area contributed by atoms with Crippen molar-refractivity contribution in [1.82, 2.24) is 14.6 Å². The molecule has 2 rings (SSSR count). The fraction of sp³-hybridized carbons (Fsp3) is 0.400. The second-order valence-electron chi connectivity index (χ2n) is 3.74. The Hall–Kier alpha value is -1.73. The van der Waals surface area contributed by atoms with E-state index in [4.69, 9.17) is 0 Å². The molecule has 2 heterocycles. The van der Waals surface area contributed by atoms with E-state index in [1.54, 1.807) is 12.1 Å². The number of fused-ring (bicyclic) bond motifs is 1. The summed E-state index contributed by atoms with van der Waals surface area (Å²) >= 11 is 0. The van der Waals surface area contributed by atoms with Crippen LogP contribution in [-0.2, 0) is 6.42 Å². The molecule has 0 fully saturated rings. The summed E-state index contributed by atoms with van der Waals surface area (Å²) in [6.07, 6.45) is -4.61. The third-order valence-corrected chi connectivity index (χ3v) is 2.45. The van der Waals surface area contributed by atoms with Crippen LogP contribution in [0, 0.1) is 0 Å². The lowest BCUT2D eigenvalue weighted by atomic mass is 10.1. The minimum atomic E-state index is -5.53. The van der Waals surface area contributed by atoms with Crippen molar-refractivity contribution in [1.29, 1.82) is 0 Å². The molecule has 0 saturated carbocycles. The van der Waals surface area contributed by atoms with Crippen LogP contribution in [-0.4, -0.2) is 26.7 Å². The minimum absolute atomic E-state index is 0.0783. The van der Waals surface area contributed by atoms with E-state index in [1.807, 2.05) is 0 Å². The molecular formula is C10H8F5N3. The highest BCUT2D eigenvalue weighted by Crippen LogP contribution is 2.38. The molecule has 0 aliphatic rings. The van der Waals surface area contributed by atoms with Crippen molar-refractivity contribution in [2.24, 2.45) is 0 Å². The van der Waals surface area contributed by atoms with Gasteiger partial charge in [-0.15, -0.1) is 0 Å². The molecule has 0 radical (unpaired) electrons. The molecule has 0 bridgehead atoms. The van der Waals surface area contributed by atoms with Crippen molar-refractivity contribution < 1.29 is 22.0 Å². The Labute approximate surface area is 98.2 Å². The summed E-state index contributed by atoms with van der Waals surface area (Å²) in [6, 6.07) is 3.25. The lowest BCUT2D eigenvalue weighted by Gasteiger charge is -2.18. The molecule has 3 nitrogen and oxygen atoms in total. The van der Waals surface area contributed by atoms with Gasteiger partial charge in [0.15, 0.2) is 0 Å². The number of imidazole rings is 1. The number of halogens is 5. The average molecular weight is 265 g/mol. The van der Waals surface area contributed by atoms with Crippen LogP contribution in [0.3, 0.4) is 0 Å². The van der Waals surface area contributed by atoms with Gasteiger partial charge in [0.2, 0.25) is 0 Å². The summed E-state index contributed by atoms with van der Waals surface area (Å²) in [4.78, 5) is 3.78. The standard InChI is InChI=1S/C10H8F5N3/c11-9(12,10(13,14)15)4-3-8-16-6-7-2-1-5-17-18(7)8/h1-2,5-6H,3-4H2. The van der Waals surface area contributed by atoms with E-state index in [-0.39, 0.29) is 5.82 Å². The Morgan fingerprint density at radius 2 is 1.89 bits per heavy atom. The molecule has 0 saturated heterocycles. The molecule has 0 aliphatic heterocycles. The van der Waals surface area contributed by atoms with Crippen LogP contribution >= 0.6 is 0 Å². The van der Waals surface area contributed by atoms with E-state index in [0.717, 1.165) is 0 Å². The fourth-order valence-electron chi connectivity index (χ4n) is 1.47. The number of rotatable bonds is 3. The van der Waals surface area contributed by atoms with Gasteiger partial charge >= 0.3 is 12.1 Å². The van der Waals surface area contributed by atoms with Crippen LogP contribution in [0.15, 0.2) is 24.5 Å². The second kappa shape index (κ2) is 4.18. The number of aromatic nitrogens is 3. The summed E-state index contributed by atoms with van der Waals surface area (Å²) in [5.41, 5.74) is 0.544. The predicted molar refractivity (Wildman–Crippen MR) is 52.3 cm³/mol. The van der Waals surface area contributed by atoms with E-state index >= 15 is 0 Å². The maximum absolute atomic E-state index is 12.7. The Morgan fingerprint density at radius 3 is 2.56 bits per heavy atom. The van der Waals surface area contributed by atoms with E-state index in [1.165, 1.54) is 16.9 Å². The maximum atomic E-state index is 12.7. The summed E-state index contributed by atoms with van der Waals surface area (Å²) < 4.78 is 62.7. The van der Waals surface area contributed by atoms with Crippen molar-refractivity contribution in [2.45, 2.75) is 24.9 Å². The normalized spacial score (nSPS) is 13.2. The molecule has 0 N–H and O–H groups in total. The van der Waals surface area contributed by atoms with Gasteiger partial charge in [0.05, 0.1) is 11.7 Å². The molecule has 2 aromatic rings. The van der Waals surface area contributed by atoms with Crippen LogP contribution in [0.5, 0.6) is 0 Å². The molecule has 0 unspecified atom stereocenters. The average Bonchev–Trinajstić information content (AvgIpc) is 2.68. The smallest absolute Gasteiger partial charge is 0.239 e. The van der Waals surface area contributed by atoms with Gasteiger partial charge in [0, 0.05) is 19.0 Å². The molecule has 0 aliphatic carbocycles. The monoisotopic (exact) mass is 265 g/mol. The summed E-state index contributed by atoms with van der Waals surface area (Å²) in [7, 11) is 0. The zero-order valence-electron chi connectivity index (χ0n) is 8.96. The van der Waals surface area contributed by atoms with E-state index in [0.29, 0.717) is 5.52 Å². The lowest BCUT2D eigenvalue weighted by Crippen LogP contribution is -2.36. The number of alkyl halides is 5. The molecule has 0 aromatic carbocycles. The first-order valence-corrected chi connectivity index (χ1v) is 5.03. The van der Waals surface area contributed by atoms with Crippen LogP contribution in [0.2, 0.25) is 0 Å². The molecule has 98 valence electrons. The van der Waals surface area contributed by atoms with Gasteiger partial charge < -0.3 is 0 Å². The van der Waals surface area contributed by atoms with Crippen LogP contribution in [0.1, 0.15) is 12.2 Å². The van der Waals surface area contributed by atoms with Crippen LogP contribution in [0.4, 0.5) is 22.0 Å². The van der Waals surface area contributed by atoms with Crippen molar-refractivity contribution in [3.8, 4) is 0 Å². The third-order valence-electron chi connectivity index (χ3n) is 2.45. The highest BCUT2D eigenvalue weighted by Gasteiger charge is 2.56. The fourth-order valence-corrected chi connectivity index (χ4v) is 1.47. The lowest BCUT2D eigenvalue weighted by molar-refractivity contribution is -0.284. The van der Waals surface area contributed by atoms with E-state index < -0.39 is 24.9 Å². The molecule has 18 heavy (non-hydrogen) atoms. The number of nitrogens with zero attached hydrogens (tertiary/aromatic N) is 3. The van der Waals surface area contributed by atoms with Crippen molar-refractivity contribution >= 4 is 5.52 Å². The maximum Gasteiger partial charge on any atom is 0.453 e. The molecule has 8 heteroatoms. The van der Waals surface area contributed by atoms with Crippen LogP contribution in [0.25, 0.3) is 5.52 Å². The SMILES string of the molecule is FC(F)(F)C(F)(F)CCc1ncc2cccnn12. The minimum Gasteiger partial charge on any atom is -0.239 e. The zero-order valence-corrected chi connectivity index (χ0v) is 8.96. The number of hydrogen-bond donors (Lipinski definition) is 0. The summed E-state index contributed by atoms with van der Waals surface area (Å²) in [6.45, 7) is 0. The Morgan fingerprint density at radius 1 is 1.17 bits per heavy atom. The summed E-state index contributed by atoms with van der Waals surface area (Å²) in [5.74, 6) is -4.64. The molecule has 0 atom stereocenters. The molecule has 0 amide bonds. The predicted octanol–water partition coefficient (Wildman–Crippen LogP) is 2.86. The van der Waals surface area contributed by atoms with Crippen molar-refractivity contribution in [3.63, 3.8) is 0 Å². The first kappa shape index (κ1) is 12.7. The Balaban J connectivity index is 2.16. The highest BCUT2D eigenvalue weighted by atomic mass is 19.4. The molecule has 2 aromatic heterocycles. The molecular weight excluding hydrogens is 257 g/mol. The summed E-state index contributed by atoms with van der Waals surface area (Å²) in [5, 5.41) is 3.83. The van der Waals surface area contributed by atoms with Gasteiger partial charge in [-0.05, 0) is 12.1 Å². The van der Waals surface area contributed by atoms with Crippen molar-refractivity contribution in [2.75, 3.05) is 0 Å². The Bertz CT molecular complexity index is 546. The van der Waals surface area contributed by atoms with Gasteiger partial charge in [-0.3, -0.25) is 0 Å². The molecule has 0 spiro atoms.